The average Bonchev–Trinajstić information content (AvgIpc) is 2.38. The molecule has 0 spiro atoms. The lowest BCUT2D eigenvalue weighted by Gasteiger charge is -2.27. The third-order valence-corrected chi connectivity index (χ3v) is 3.79. The van der Waals surface area contributed by atoms with Crippen molar-refractivity contribution in [3.05, 3.63) is 34.9 Å². The normalized spacial score (nSPS) is 14.4. The van der Waals surface area contributed by atoms with Gasteiger partial charge >= 0.3 is 0 Å². The van der Waals surface area contributed by atoms with Crippen LogP contribution in [0.25, 0.3) is 0 Å². The first kappa shape index (κ1) is 15.5. The fourth-order valence-electron chi connectivity index (χ4n) is 2.55. The van der Waals surface area contributed by atoms with E-state index in [0.29, 0.717) is 12.0 Å². The molecule has 0 amide bonds. The summed E-state index contributed by atoms with van der Waals surface area (Å²) in [6.07, 6.45) is 5.08. The maximum atomic E-state index is 6.11. The second kappa shape index (κ2) is 8.55. The minimum atomic E-state index is 0.435. The molecule has 1 aromatic carbocycles. The molecule has 2 unspecified atom stereocenters. The number of benzene rings is 1. The summed E-state index contributed by atoms with van der Waals surface area (Å²) >= 11 is 6.11. The first-order chi connectivity index (χ1) is 8.72. The molecule has 102 valence electrons. The van der Waals surface area contributed by atoms with Gasteiger partial charge < -0.3 is 5.32 Å². The van der Waals surface area contributed by atoms with E-state index in [4.69, 9.17) is 11.6 Å². The van der Waals surface area contributed by atoms with Gasteiger partial charge in [0.05, 0.1) is 0 Å². The molecule has 2 heteroatoms. The lowest BCUT2D eigenvalue weighted by Crippen LogP contribution is -2.28. The highest BCUT2D eigenvalue weighted by atomic mass is 35.5. The molecular formula is C16H26ClN. The largest absolute Gasteiger partial charge is 0.310 e. The van der Waals surface area contributed by atoms with Gasteiger partial charge in [0.15, 0.2) is 0 Å². The molecule has 1 N–H and O–H groups in total. The zero-order valence-corrected chi connectivity index (χ0v) is 12.6. The molecule has 1 aromatic rings. The summed E-state index contributed by atoms with van der Waals surface area (Å²) in [5.41, 5.74) is 1.33. The van der Waals surface area contributed by atoms with Crippen LogP contribution in [-0.2, 0) is 0 Å². The Kier molecular flexibility index (Phi) is 7.38. The number of nitrogens with one attached hydrogen (secondary N) is 1. The Morgan fingerprint density at radius 2 is 2.00 bits per heavy atom. The highest BCUT2D eigenvalue weighted by Gasteiger charge is 2.20. The van der Waals surface area contributed by atoms with Gasteiger partial charge in [0.1, 0.15) is 0 Å². The summed E-state index contributed by atoms with van der Waals surface area (Å²) in [5, 5.41) is 4.46. The molecule has 0 saturated carbocycles. The van der Waals surface area contributed by atoms with Gasteiger partial charge in [-0.3, -0.25) is 0 Å². The zero-order valence-electron chi connectivity index (χ0n) is 11.9. The van der Waals surface area contributed by atoms with Crippen molar-refractivity contribution < 1.29 is 0 Å². The van der Waals surface area contributed by atoms with Crippen LogP contribution in [0.4, 0.5) is 0 Å². The van der Waals surface area contributed by atoms with Gasteiger partial charge in [-0.1, -0.05) is 63.8 Å². The summed E-state index contributed by atoms with van der Waals surface area (Å²) < 4.78 is 0. The van der Waals surface area contributed by atoms with Crippen molar-refractivity contribution >= 4 is 11.6 Å². The summed E-state index contributed by atoms with van der Waals surface area (Å²) in [6, 6.07) is 8.72. The molecule has 0 bridgehead atoms. The molecule has 1 nitrogen and oxygen atoms in total. The van der Waals surface area contributed by atoms with Crippen LogP contribution in [0, 0.1) is 5.92 Å². The number of hydrogen-bond donors (Lipinski definition) is 1. The third kappa shape index (κ3) is 4.62. The SMILES string of the molecule is CCCCC(CC)C(NCC)c1cccc(Cl)c1. The molecule has 1 rings (SSSR count). The second-order valence-corrected chi connectivity index (χ2v) is 5.34. The lowest BCUT2D eigenvalue weighted by atomic mass is 9.87. The molecule has 0 aliphatic rings. The van der Waals surface area contributed by atoms with Crippen LogP contribution in [0.1, 0.15) is 58.1 Å². The minimum Gasteiger partial charge on any atom is -0.310 e. The van der Waals surface area contributed by atoms with Crippen molar-refractivity contribution in [2.45, 2.75) is 52.5 Å². The Bertz CT molecular complexity index is 338. The minimum absolute atomic E-state index is 0.435. The number of unbranched alkanes of at least 4 members (excludes halogenated alkanes) is 1. The topological polar surface area (TPSA) is 12.0 Å². The first-order valence-electron chi connectivity index (χ1n) is 7.21. The number of halogens is 1. The Morgan fingerprint density at radius 3 is 2.56 bits per heavy atom. The Hall–Kier alpha value is -0.530. The standard InChI is InChI=1S/C16H26ClN/c1-4-7-9-13(5-2)16(18-6-3)14-10-8-11-15(17)12-14/h8,10-13,16,18H,4-7,9H2,1-3H3. The van der Waals surface area contributed by atoms with Gasteiger partial charge in [0.2, 0.25) is 0 Å². The summed E-state index contributed by atoms with van der Waals surface area (Å²) in [5.74, 6) is 0.698. The van der Waals surface area contributed by atoms with Crippen molar-refractivity contribution in [2.75, 3.05) is 6.54 Å². The Morgan fingerprint density at radius 1 is 1.22 bits per heavy atom. The van der Waals surface area contributed by atoms with E-state index in [1.165, 1.54) is 31.2 Å². The molecule has 0 saturated heterocycles. The van der Waals surface area contributed by atoms with Gasteiger partial charge in [-0.2, -0.15) is 0 Å². The molecule has 0 aromatic heterocycles. The monoisotopic (exact) mass is 267 g/mol. The van der Waals surface area contributed by atoms with Gasteiger partial charge in [0, 0.05) is 11.1 Å². The van der Waals surface area contributed by atoms with Crippen molar-refractivity contribution in [1.82, 2.24) is 5.32 Å². The van der Waals surface area contributed by atoms with Crippen molar-refractivity contribution in [3.8, 4) is 0 Å². The lowest BCUT2D eigenvalue weighted by molar-refractivity contribution is 0.328. The fourth-order valence-corrected chi connectivity index (χ4v) is 2.75. The third-order valence-electron chi connectivity index (χ3n) is 3.56. The van der Waals surface area contributed by atoms with E-state index < -0.39 is 0 Å². The summed E-state index contributed by atoms with van der Waals surface area (Å²) in [4.78, 5) is 0. The maximum absolute atomic E-state index is 6.11. The molecule has 2 atom stereocenters. The molecule has 0 heterocycles. The van der Waals surface area contributed by atoms with Gasteiger partial charge in [-0.25, -0.2) is 0 Å². The average molecular weight is 268 g/mol. The van der Waals surface area contributed by atoms with Gasteiger partial charge in [0.25, 0.3) is 0 Å². The van der Waals surface area contributed by atoms with Crippen molar-refractivity contribution in [3.63, 3.8) is 0 Å². The quantitative estimate of drug-likeness (QED) is 0.682. The van der Waals surface area contributed by atoms with Crippen LogP contribution >= 0.6 is 11.6 Å². The van der Waals surface area contributed by atoms with Crippen LogP contribution in [0.5, 0.6) is 0 Å². The highest BCUT2D eigenvalue weighted by Crippen LogP contribution is 2.30. The van der Waals surface area contributed by atoms with Gasteiger partial charge in [-0.05, 0) is 36.6 Å². The zero-order chi connectivity index (χ0) is 13.4. The van der Waals surface area contributed by atoms with Crippen LogP contribution in [-0.4, -0.2) is 6.54 Å². The van der Waals surface area contributed by atoms with E-state index >= 15 is 0 Å². The molecule has 0 aliphatic carbocycles. The molecule has 0 radical (unpaired) electrons. The van der Waals surface area contributed by atoms with E-state index in [0.717, 1.165) is 11.6 Å². The van der Waals surface area contributed by atoms with E-state index in [1.807, 2.05) is 6.07 Å². The highest BCUT2D eigenvalue weighted by molar-refractivity contribution is 6.30. The van der Waals surface area contributed by atoms with E-state index in [2.05, 4.69) is 44.3 Å². The first-order valence-corrected chi connectivity index (χ1v) is 7.59. The van der Waals surface area contributed by atoms with E-state index in [-0.39, 0.29) is 0 Å². The van der Waals surface area contributed by atoms with Crippen LogP contribution in [0.15, 0.2) is 24.3 Å². The summed E-state index contributed by atoms with van der Waals surface area (Å²) in [7, 11) is 0. The second-order valence-electron chi connectivity index (χ2n) is 4.90. The maximum Gasteiger partial charge on any atom is 0.0409 e. The molecule has 0 aliphatic heterocycles. The number of rotatable bonds is 8. The predicted octanol–water partition coefficient (Wildman–Crippen LogP) is 5.21. The van der Waals surface area contributed by atoms with Crippen molar-refractivity contribution in [1.29, 1.82) is 0 Å². The van der Waals surface area contributed by atoms with Crippen LogP contribution in [0.2, 0.25) is 5.02 Å². The van der Waals surface area contributed by atoms with Crippen LogP contribution < -0.4 is 5.32 Å². The summed E-state index contributed by atoms with van der Waals surface area (Å²) in [6.45, 7) is 7.72. The van der Waals surface area contributed by atoms with Gasteiger partial charge in [-0.15, -0.1) is 0 Å². The Balaban J connectivity index is 2.85. The van der Waals surface area contributed by atoms with Crippen molar-refractivity contribution in [2.24, 2.45) is 5.92 Å². The fraction of sp³-hybridized carbons (Fsp3) is 0.625. The number of hydrogen-bond acceptors (Lipinski definition) is 1. The predicted molar refractivity (Wildman–Crippen MR) is 81.2 cm³/mol. The molecule has 0 fully saturated rings. The Labute approximate surface area is 117 Å². The van der Waals surface area contributed by atoms with E-state index in [9.17, 15) is 0 Å². The smallest absolute Gasteiger partial charge is 0.0409 e. The van der Waals surface area contributed by atoms with Crippen LogP contribution in [0.3, 0.4) is 0 Å². The molecule has 18 heavy (non-hydrogen) atoms. The molecular weight excluding hydrogens is 242 g/mol. The van der Waals surface area contributed by atoms with E-state index in [1.54, 1.807) is 0 Å².